The van der Waals surface area contributed by atoms with Crippen molar-refractivity contribution >= 4 is 28.7 Å². The Labute approximate surface area is 332 Å². The molecule has 58 heavy (non-hydrogen) atoms. The molecule has 11 nitrogen and oxygen atoms in total. The van der Waals surface area contributed by atoms with Crippen molar-refractivity contribution in [3.05, 3.63) is 147 Å². The van der Waals surface area contributed by atoms with Gasteiger partial charge in [0.25, 0.3) is 0 Å². The number of nitrogens with zero attached hydrogens (tertiary/aromatic N) is 2. The second kappa shape index (κ2) is 18.1. The van der Waals surface area contributed by atoms with Gasteiger partial charge in [-0.15, -0.1) is 0 Å². The number of halogens is 3. The predicted octanol–water partition coefficient (Wildman–Crippen LogP) is 5.72. The zero-order valence-corrected chi connectivity index (χ0v) is 31.7. The van der Waals surface area contributed by atoms with Gasteiger partial charge in [-0.2, -0.15) is 13.2 Å². The van der Waals surface area contributed by atoms with Gasteiger partial charge in [0.15, 0.2) is 0 Å². The molecular weight excluding hydrogens is 753 g/mol. The van der Waals surface area contributed by atoms with E-state index < -0.39 is 34.8 Å². The average molecular weight is 799 g/mol. The Morgan fingerprint density at radius 3 is 2.22 bits per heavy atom. The van der Waals surface area contributed by atoms with E-state index >= 15 is 0 Å². The van der Waals surface area contributed by atoms with Crippen LogP contribution in [-0.2, 0) is 45.4 Å². The van der Waals surface area contributed by atoms with Crippen LogP contribution in [-0.4, -0.2) is 80.6 Å². The molecule has 0 spiro atoms. The molecule has 0 aliphatic carbocycles. The molecule has 1 atom stereocenters. The number of aromatic hydroxyl groups is 1. The second-order valence-electron chi connectivity index (χ2n) is 14.7. The van der Waals surface area contributed by atoms with E-state index in [2.05, 4.69) is 10.3 Å². The summed E-state index contributed by atoms with van der Waals surface area (Å²) in [5, 5.41) is 34.8. The minimum atomic E-state index is -4.55. The number of amides is 2. The number of phenols is 1. The van der Waals surface area contributed by atoms with E-state index in [1.54, 1.807) is 35.2 Å². The molecule has 1 saturated heterocycles. The first kappa shape index (κ1) is 41.6. The summed E-state index contributed by atoms with van der Waals surface area (Å²) in [4.78, 5) is 56.8. The molecular formula is C44H45F3N4O7. The zero-order chi connectivity index (χ0) is 41.5. The van der Waals surface area contributed by atoms with E-state index in [1.807, 2.05) is 30.3 Å². The molecule has 5 N–H and O–H groups in total. The number of carboxylic acid groups (broad SMARTS) is 1. The molecule has 14 heteroatoms. The fourth-order valence-electron chi connectivity index (χ4n) is 7.52. The molecule has 1 fully saturated rings. The largest absolute Gasteiger partial charge is 0.506 e. The number of aromatic amines is 1. The zero-order valence-electron chi connectivity index (χ0n) is 31.7. The molecule has 4 aromatic carbocycles. The SMILES string of the molecule is O=C(Cc1ccc(CC(=O)N(CCCNC[C@H](O)c2ccc(O)c3[nH]c(=O)ccc23)Cc2cccc(C(F)(F)F)c2)cc1)N1CCC(C(=O)O)(c2ccccc2)CC1. The summed E-state index contributed by atoms with van der Waals surface area (Å²) < 4.78 is 40.5. The number of aliphatic hydroxyl groups is 1. The summed E-state index contributed by atoms with van der Waals surface area (Å²) in [7, 11) is 0. The van der Waals surface area contributed by atoms with Crippen molar-refractivity contribution in [3.8, 4) is 5.75 Å². The summed E-state index contributed by atoms with van der Waals surface area (Å²) in [5.41, 5.74) is 0.870. The third kappa shape index (κ3) is 9.93. The molecule has 2 amide bonds. The van der Waals surface area contributed by atoms with Crippen molar-refractivity contribution in [1.82, 2.24) is 20.1 Å². The smallest absolute Gasteiger partial charge is 0.416 e. The number of aliphatic carboxylic acids is 1. The van der Waals surface area contributed by atoms with Gasteiger partial charge >= 0.3 is 12.1 Å². The van der Waals surface area contributed by atoms with Crippen molar-refractivity contribution < 1.29 is 42.9 Å². The molecule has 1 aliphatic rings. The molecule has 0 unspecified atom stereocenters. The molecule has 1 aliphatic heterocycles. The number of carbonyl (C=O) groups excluding carboxylic acids is 2. The van der Waals surface area contributed by atoms with E-state index in [-0.39, 0.29) is 55.6 Å². The normalized spacial score (nSPS) is 14.6. The number of pyridine rings is 1. The Hall–Kier alpha value is -5.99. The highest BCUT2D eigenvalue weighted by atomic mass is 19.4. The van der Waals surface area contributed by atoms with Crippen LogP contribution >= 0.6 is 0 Å². The quantitative estimate of drug-likeness (QED) is 0.0840. The van der Waals surface area contributed by atoms with Gasteiger partial charge in [-0.3, -0.25) is 19.2 Å². The van der Waals surface area contributed by atoms with Crippen molar-refractivity contribution in [2.75, 3.05) is 32.7 Å². The third-order valence-electron chi connectivity index (χ3n) is 10.8. The lowest BCUT2D eigenvalue weighted by molar-refractivity contribution is -0.148. The first-order valence-corrected chi connectivity index (χ1v) is 19.1. The lowest BCUT2D eigenvalue weighted by atomic mass is 9.73. The molecule has 304 valence electrons. The highest BCUT2D eigenvalue weighted by Gasteiger charge is 2.43. The van der Waals surface area contributed by atoms with Crippen LogP contribution in [0.2, 0.25) is 0 Å². The fraction of sp³-hybridized carbons (Fsp3) is 0.318. The van der Waals surface area contributed by atoms with Gasteiger partial charge in [0.1, 0.15) is 5.75 Å². The van der Waals surface area contributed by atoms with E-state index in [1.165, 1.54) is 35.2 Å². The van der Waals surface area contributed by atoms with E-state index in [0.29, 0.717) is 61.0 Å². The highest BCUT2D eigenvalue weighted by molar-refractivity contribution is 5.87. The topological polar surface area (TPSA) is 163 Å². The van der Waals surface area contributed by atoms with E-state index in [4.69, 9.17) is 0 Å². The summed E-state index contributed by atoms with van der Waals surface area (Å²) in [6, 6.07) is 26.7. The number of piperidine rings is 1. The van der Waals surface area contributed by atoms with Gasteiger partial charge in [0.05, 0.1) is 35.4 Å². The number of carboxylic acids is 1. The number of hydrogen-bond acceptors (Lipinski definition) is 7. The van der Waals surface area contributed by atoms with Gasteiger partial charge in [0.2, 0.25) is 17.4 Å². The van der Waals surface area contributed by atoms with E-state index in [9.17, 15) is 47.7 Å². The number of carbonyl (C=O) groups is 3. The van der Waals surface area contributed by atoms with Crippen LogP contribution in [0.25, 0.3) is 10.9 Å². The van der Waals surface area contributed by atoms with Gasteiger partial charge in [0, 0.05) is 44.2 Å². The summed E-state index contributed by atoms with van der Waals surface area (Å²) >= 11 is 0. The minimum Gasteiger partial charge on any atom is -0.506 e. The summed E-state index contributed by atoms with van der Waals surface area (Å²) in [6.45, 7) is 1.24. The number of phenolic OH excluding ortho intramolecular Hbond substituents is 1. The van der Waals surface area contributed by atoms with Crippen molar-refractivity contribution in [2.24, 2.45) is 0 Å². The Bertz CT molecular complexity index is 2290. The second-order valence-corrected chi connectivity index (χ2v) is 14.7. The number of likely N-dealkylation sites (tertiary alicyclic amines) is 1. The minimum absolute atomic E-state index is 0.0295. The molecule has 0 radical (unpaired) electrons. The van der Waals surface area contributed by atoms with Gasteiger partial charge in [-0.05, 0) is 77.9 Å². The molecule has 1 aromatic heterocycles. The maximum atomic E-state index is 13.7. The summed E-state index contributed by atoms with van der Waals surface area (Å²) in [5.74, 6) is -1.47. The van der Waals surface area contributed by atoms with Crippen LogP contribution in [0.1, 0.15) is 58.7 Å². The van der Waals surface area contributed by atoms with Crippen molar-refractivity contribution in [3.63, 3.8) is 0 Å². The standard InChI is InChI=1S/C44H45F3N4O7/c45-44(46,47)33-9-4-6-31(24-33)28-51(21-5-20-48-27-37(53)34-14-16-36(52)41-35(34)15-17-38(54)49-41)40(56)26-30-12-10-29(11-13-30)25-39(55)50-22-18-43(19-23-50,42(57)58)32-7-2-1-3-8-32/h1-4,6-17,24,37,48,52-53H,5,18-23,25-28H2,(H,49,54)(H,57,58)/t37-/m0/s1. The molecule has 0 bridgehead atoms. The Morgan fingerprint density at radius 1 is 0.862 bits per heavy atom. The van der Waals surface area contributed by atoms with Gasteiger partial charge < -0.3 is 35.4 Å². The van der Waals surface area contributed by atoms with Gasteiger partial charge in [-0.25, -0.2) is 0 Å². The third-order valence-corrected chi connectivity index (χ3v) is 10.8. The number of aromatic nitrogens is 1. The lowest BCUT2D eigenvalue weighted by Gasteiger charge is -2.39. The van der Waals surface area contributed by atoms with Crippen LogP contribution in [0.5, 0.6) is 5.75 Å². The monoisotopic (exact) mass is 798 g/mol. The number of rotatable bonds is 15. The predicted molar refractivity (Wildman–Crippen MR) is 211 cm³/mol. The first-order valence-electron chi connectivity index (χ1n) is 19.1. The van der Waals surface area contributed by atoms with Crippen LogP contribution < -0.4 is 10.9 Å². The number of fused-ring (bicyclic) bond motifs is 1. The maximum absolute atomic E-state index is 13.7. The van der Waals surface area contributed by atoms with Crippen LogP contribution in [0.3, 0.4) is 0 Å². The Balaban J connectivity index is 1.05. The maximum Gasteiger partial charge on any atom is 0.416 e. The van der Waals surface area contributed by atoms with E-state index in [0.717, 1.165) is 23.3 Å². The van der Waals surface area contributed by atoms with Crippen LogP contribution in [0.15, 0.2) is 108 Å². The Morgan fingerprint density at radius 2 is 1.55 bits per heavy atom. The van der Waals surface area contributed by atoms with Crippen molar-refractivity contribution in [2.45, 2.75) is 56.3 Å². The Kier molecular flexibility index (Phi) is 13.0. The molecule has 0 saturated carbocycles. The van der Waals surface area contributed by atoms with Gasteiger partial charge in [-0.1, -0.05) is 72.8 Å². The number of alkyl halides is 3. The number of aliphatic hydroxyl groups excluding tert-OH is 1. The van der Waals surface area contributed by atoms with Crippen LogP contribution in [0.4, 0.5) is 13.2 Å². The number of benzene rings is 4. The first-order chi connectivity index (χ1) is 27.7. The highest BCUT2D eigenvalue weighted by Crippen LogP contribution is 2.36. The fourth-order valence-corrected chi connectivity index (χ4v) is 7.52. The average Bonchev–Trinajstić information content (AvgIpc) is 3.21. The molecule has 6 rings (SSSR count). The summed E-state index contributed by atoms with van der Waals surface area (Å²) in [6.07, 6.45) is -4.45. The van der Waals surface area contributed by atoms with Crippen LogP contribution in [0, 0.1) is 0 Å². The number of hydrogen-bond donors (Lipinski definition) is 5. The molecule has 5 aromatic rings. The van der Waals surface area contributed by atoms with Crippen molar-refractivity contribution in [1.29, 1.82) is 0 Å². The molecule has 2 heterocycles. The lowest BCUT2D eigenvalue weighted by Crippen LogP contribution is -2.49. The number of nitrogens with one attached hydrogen (secondary N) is 2. The number of H-pyrrole nitrogens is 1.